The van der Waals surface area contributed by atoms with E-state index in [2.05, 4.69) is 209 Å². The van der Waals surface area contributed by atoms with Crippen LogP contribution in [0.1, 0.15) is 49.9 Å². The van der Waals surface area contributed by atoms with Crippen LogP contribution in [0, 0.1) is 0 Å². The molecule has 8 aromatic rings. The lowest BCUT2D eigenvalue weighted by molar-refractivity contribution is 0.645. The summed E-state index contributed by atoms with van der Waals surface area (Å²) < 4.78 is 0. The molecule has 0 amide bonds. The van der Waals surface area contributed by atoms with Crippen LogP contribution in [0.25, 0.3) is 55.3 Å². The topological polar surface area (TPSA) is 3.24 Å². The Morgan fingerprint density at radius 2 is 0.925 bits per heavy atom. The lowest BCUT2D eigenvalue weighted by atomic mass is 9.67. The first kappa shape index (κ1) is 31.5. The third-order valence-electron chi connectivity index (χ3n) is 12.1. The number of anilines is 3. The van der Waals surface area contributed by atoms with Crippen molar-refractivity contribution in [2.75, 3.05) is 4.90 Å². The zero-order valence-electron chi connectivity index (χ0n) is 30.7. The summed E-state index contributed by atoms with van der Waals surface area (Å²) in [6.45, 7) is 9.52. The molecule has 0 saturated heterocycles. The molecule has 8 aromatic carbocycles. The highest BCUT2D eigenvalue weighted by atomic mass is 15.1. The van der Waals surface area contributed by atoms with E-state index in [0.717, 1.165) is 11.4 Å². The molecule has 53 heavy (non-hydrogen) atoms. The normalized spacial score (nSPS) is 14.3. The molecule has 0 heterocycles. The van der Waals surface area contributed by atoms with Crippen LogP contribution in [0.3, 0.4) is 0 Å². The Kier molecular flexibility index (Phi) is 6.94. The average Bonchev–Trinajstić information content (AvgIpc) is 3.43. The molecule has 0 fully saturated rings. The van der Waals surface area contributed by atoms with Crippen molar-refractivity contribution in [1.82, 2.24) is 0 Å². The summed E-state index contributed by atoms with van der Waals surface area (Å²) in [5, 5.41) is 2.61. The van der Waals surface area contributed by atoms with Crippen LogP contribution in [-0.2, 0) is 10.8 Å². The van der Waals surface area contributed by atoms with Crippen molar-refractivity contribution < 1.29 is 0 Å². The van der Waals surface area contributed by atoms with Crippen LogP contribution < -0.4 is 4.90 Å². The lowest BCUT2D eigenvalue weighted by Gasteiger charge is -2.38. The Hall–Kier alpha value is -6.18. The highest BCUT2D eigenvalue weighted by Gasteiger charge is 2.37. The number of fused-ring (bicyclic) bond motifs is 5. The van der Waals surface area contributed by atoms with E-state index in [1.807, 2.05) is 0 Å². The second-order valence-corrected chi connectivity index (χ2v) is 15.8. The van der Waals surface area contributed by atoms with Crippen molar-refractivity contribution in [3.05, 3.63) is 198 Å². The van der Waals surface area contributed by atoms with E-state index in [1.165, 1.54) is 83.2 Å². The summed E-state index contributed by atoms with van der Waals surface area (Å²) in [6.07, 6.45) is 0. The molecule has 1 heteroatoms. The molecule has 2 aliphatic carbocycles. The molecule has 0 N–H and O–H groups in total. The van der Waals surface area contributed by atoms with Gasteiger partial charge in [0.15, 0.2) is 0 Å². The van der Waals surface area contributed by atoms with Gasteiger partial charge in [-0.1, -0.05) is 161 Å². The minimum absolute atomic E-state index is 0.0535. The summed E-state index contributed by atoms with van der Waals surface area (Å²) in [4.78, 5) is 2.45. The van der Waals surface area contributed by atoms with Crippen LogP contribution in [0.2, 0.25) is 0 Å². The van der Waals surface area contributed by atoms with Gasteiger partial charge >= 0.3 is 0 Å². The predicted molar refractivity (Wildman–Crippen MR) is 225 cm³/mol. The van der Waals surface area contributed by atoms with Crippen molar-refractivity contribution in [2.45, 2.75) is 38.5 Å². The number of hydrogen-bond donors (Lipinski definition) is 0. The number of para-hydroxylation sites is 1. The highest BCUT2D eigenvalue weighted by Crippen LogP contribution is 2.55. The Labute approximate surface area is 312 Å². The standard InChI is InChI=1S/C52H41N/c1-51(2)45-30-25-37(38-24-29-42-41-19-11-12-20-44(41)52(3,4)47(42)33-38)32-43(45)50-48(31-26-36-16-13-21-46(51)49(36)50)53(39-17-9-6-10-18-39)40-27-22-35(23-28-40)34-14-7-5-8-15-34/h5-33H,1-4H3. The molecule has 254 valence electrons. The van der Waals surface area contributed by atoms with Gasteiger partial charge in [0.25, 0.3) is 0 Å². The van der Waals surface area contributed by atoms with Gasteiger partial charge in [0.1, 0.15) is 0 Å². The first-order chi connectivity index (χ1) is 25.8. The molecule has 10 rings (SSSR count). The SMILES string of the molecule is CC1(C)c2ccccc2-c2ccc(-c3ccc4c(c3)-c3c(N(c5ccccc5)c5ccc(-c6ccccc6)cc5)ccc5cccc(c35)C4(C)C)cc21. The smallest absolute Gasteiger partial charge is 0.0546 e. The van der Waals surface area contributed by atoms with Crippen LogP contribution in [-0.4, -0.2) is 0 Å². The Balaban J connectivity index is 1.19. The van der Waals surface area contributed by atoms with E-state index in [4.69, 9.17) is 0 Å². The van der Waals surface area contributed by atoms with Crippen molar-refractivity contribution in [2.24, 2.45) is 0 Å². The minimum Gasteiger partial charge on any atom is -0.310 e. The molecule has 0 aromatic heterocycles. The van der Waals surface area contributed by atoms with Gasteiger partial charge in [0, 0.05) is 27.8 Å². The first-order valence-electron chi connectivity index (χ1n) is 18.8. The molecular formula is C52H41N. The van der Waals surface area contributed by atoms with E-state index in [1.54, 1.807) is 0 Å². The van der Waals surface area contributed by atoms with Crippen molar-refractivity contribution in [3.8, 4) is 44.5 Å². The molecule has 0 spiro atoms. The minimum atomic E-state index is -0.171. The lowest BCUT2D eigenvalue weighted by Crippen LogP contribution is -2.24. The highest BCUT2D eigenvalue weighted by molar-refractivity contribution is 6.10. The zero-order chi connectivity index (χ0) is 35.9. The van der Waals surface area contributed by atoms with E-state index in [0.29, 0.717) is 0 Å². The zero-order valence-corrected chi connectivity index (χ0v) is 30.7. The molecule has 2 aliphatic rings. The van der Waals surface area contributed by atoms with Gasteiger partial charge in [-0.2, -0.15) is 0 Å². The number of rotatable bonds is 5. The molecule has 1 nitrogen and oxygen atoms in total. The monoisotopic (exact) mass is 679 g/mol. The molecule has 0 bridgehead atoms. The molecule has 0 saturated carbocycles. The van der Waals surface area contributed by atoms with Crippen molar-refractivity contribution >= 4 is 27.8 Å². The van der Waals surface area contributed by atoms with Crippen molar-refractivity contribution in [1.29, 1.82) is 0 Å². The summed E-state index contributed by atoms with van der Waals surface area (Å²) in [5.41, 5.74) is 19.0. The molecule has 0 aliphatic heterocycles. The van der Waals surface area contributed by atoms with E-state index in [-0.39, 0.29) is 10.8 Å². The first-order valence-corrected chi connectivity index (χ1v) is 18.8. The maximum absolute atomic E-state index is 2.48. The van der Waals surface area contributed by atoms with Gasteiger partial charge < -0.3 is 4.90 Å². The average molecular weight is 680 g/mol. The quantitative estimate of drug-likeness (QED) is 0.175. The van der Waals surface area contributed by atoms with Gasteiger partial charge in [-0.25, -0.2) is 0 Å². The third-order valence-corrected chi connectivity index (χ3v) is 12.1. The van der Waals surface area contributed by atoms with Crippen LogP contribution in [0.4, 0.5) is 17.1 Å². The molecular weight excluding hydrogens is 639 g/mol. The van der Waals surface area contributed by atoms with Gasteiger partial charge in [-0.3, -0.25) is 0 Å². The van der Waals surface area contributed by atoms with Gasteiger partial charge in [0.05, 0.1) is 5.69 Å². The Morgan fingerprint density at radius 1 is 0.358 bits per heavy atom. The van der Waals surface area contributed by atoms with Gasteiger partial charge in [-0.05, 0) is 114 Å². The maximum Gasteiger partial charge on any atom is 0.0546 e. The van der Waals surface area contributed by atoms with Gasteiger partial charge in [-0.15, -0.1) is 0 Å². The third kappa shape index (κ3) is 4.77. The molecule has 0 radical (unpaired) electrons. The van der Waals surface area contributed by atoms with Crippen LogP contribution in [0.5, 0.6) is 0 Å². The van der Waals surface area contributed by atoms with Crippen LogP contribution in [0.15, 0.2) is 176 Å². The summed E-state index contributed by atoms with van der Waals surface area (Å²) >= 11 is 0. The largest absolute Gasteiger partial charge is 0.310 e. The fourth-order valence-corrected chi connectivity index (χ4v) is 9.29. The number of hydrogen-bond acceptors (Lipinski definition) is 1. The predicted octanol–water partition coefficient (Wildman–Crippen LogP) is 14.3. The Bertz CT molecular complexity index is 2700. The number of nitrogens with zero attached hydrogens (tertiary/aromatic N) is 1. The fraction of sp³-hybridized carbons (Fsp3) is 0.115. The molecule has 0 unspecified atom stereocenters. The summed E-state index contributed by atoms with van der Waals surface area (Å²) in [5.74, 6) is 0. The van der Waals surface area contributed by atoms with E-state index in [9.17, 15) is 0 Å². The second kappa shape index (κ2) is 11.7. The summed E-state index contributed by atoms with van der Waals surface area (Å²) in [7, 11) is 0. The van der Waals surface area contributed by atoms with E-state index < -0.39 is 0 Å². The molecule has 0 atom stereocenters. The second-order valence-electron chi connectivity index (χ2n) is 15.8. The summed E-state index contributed by atoms with van der Waals surface area (Å²) in [6, 6.07) is 65.3. The van der Waals surface area contributed by atoms with Gasteiger partial charge in [0.2, 0.25) is 0 Å². The Morgan fingerprint density at radius 3 is 1.72 bits per heavy atom. The number of benzene rings is 8. The fourth-order valence-electron chi connectivity index (χ4n) is 9.29. The maximum atomic E-state index is 2.48. The van der Waals surface area contributed by atoms with Crippen LogP contribution >= 0.6 is 0 Å². The van der Waals surface area contributed by atoms with Crippen molar-refractivity contribution in [3.63, 3.8) is 0 Å². The van der Waals surface area contributed by atoms with E-state index >= 15 is 0 Å².